The Morgan fingerprint density at radius 1 is 1.46 bits per heavy atom. The van der Waals surface area contributed by atoms with E-state index in [-0.39, 0.29) is 23.5 Å². The van der Waals surface area contributed by atoms with Crippen molar-refractivity contribution in [3.63, 3.8) is 0 Å². The van der Waals surface area contributed by atoms with Crippen LogP contribution >= 0.6 is 0 Å². The average Bonchev–Trinajstić information content (AvgIpc) is 3.27. The van der Waals surface area contributed by atoms with Gasteiger partial charge < -0.3 is 10.3 Å². The molecule has 24 heavy (non-hydrogen) atoms. The fourth-order valence-electron chi connectivity index (χ4n) is 2.87. The third-order valence-corrected chi connectivity index (χ3v) is 4.40. The molecular formula is C17H19N5O2. The second-order valence-corrected chi connectivity index (χ2v) is 6.20. The van der Waals surface area contributed by atoms with Gasteiger partial charge >= 0.3 is 0 Å². The second-order valence-electron chi connectivity index (χ2n) is 6.20. The zero-order valence-electron chi connectivity index (χ0n) is 13.7. The van der Waals surface area contributed by atoms with Crippen LogP contribution < -0.4 is 10.9 Å². The van der Waals surface area contributed by atoms with Gasteiger partial charge in [-0.15, -0.1) is 0 Å². The second kappa shape index (κ2) is 6.32. The molecule has 3 rings (SSSR count). The van der Waals surface area contributed by atoms with Crippen LogP contribution in [0, 0.1) is 25.2 Å². The van der Waals surface area contributed by atoms with E-state index >= 15 is 0 Å². The molecule has 1 aliphatic rings. The molecule has 1 amide bonds. The van der Waals surface area contributed by atoms with Crippen molar-refractivity contribution in [3.8, 4) is 6.07 Å². The first-order valence-corrected chi connectivity index (χ1v) is 7.97. The zero-order valence-corrected chi connectivity index (χ0v) is 13.7. The number of nitrogens with one attached hydrogen (secondary N) is 3. The number of anilines is 1. The molecule has 0 bridgehead atoms. The van der Waals surface area contributed by atoms with E-state index in [4.69, 9.17) is 5.26 Å². The number of carbonyl (C=O) groups excluding carboxylic acids is 1. The molecule has 1 aliphatic carbocycles. The van der Waals surface area contributed by atoms with Gasteiger partial charge in [-0.1, -0.05) is 0 Å². The maximum absolute atomic E-state index is 12.1. The van der Waals surface area contributed by atoms with Crippen molar-refractivity contribution in [2.75, 3.05) is 5.32 Å². The Hall–Kier alpha value is -2.88. The lowest BCUT2D eigenvalue weighted by Gasteiger charge is -2.10. The summed E-state index contributed by atoms with van der Waals surface area (Å²) in [6.45, 7) is 3.52. The van der Waals surface area contributed by atoms with Crippen LogP contribution in [-0.2, 0) is 11.2 Å². The van der Waals surface area contributed by atoms with Crippen molar-refractivity contribution in [2.45, 2.75) is 45.4 Å². The molecule has 3 N–H and O–H groups in total. The van der Waals surface area contributed by atoms with Gasteiger partial charge in [0.05, 0.1) is 0 Å². The third kappa shape index (κ3) is 3.23. The van der Waals surface area contributed by atoms with E-state index in [2.05, 4.69) is 20.5 Å². The molecule has 0 unspecified atom stereocenters. The van der Waals surface area contributed by atoms with Crippen LogP contribution in [0.1, 0.15) is 53.3 Å². The highest BCUT2D eigenvalue weighted by molar-refractivity contribution is 5.89. The molecule has 0 atom stereocenters. The van der Waals surface area contributed by atoms with Crippen molar-refractivity contribution >= 4 is 11.7 Å². The first-order chi connectivity index (χ1) is 11.5. The van der Waals surface area contributed by atoms with Gasteiger partial charge in [0.25, 0.3) is 5.56 Å². The minimum Gasteiger partial charge on any atom is -0.325 e. The lowest BCUT2D eigenvalue weighted by molar-refractivity contribution is -0.116. The van der Waals surface area contributed by atoms with Gasteiger partial charge in [-0.05, 0) is 44.2 Å². The van der Waals surface area contributed by atoms with Crippen molar-refractivity contribution in [2.24, 2.45) is 0 Å². The van der Waals surface area contributed by atoms with E-state index in [1.54, 1.807) is 13.8 Å². The molecular weight excluding hydrogens is 306 g/mol. The standard InChI is InChI=1S/C17H19N5O2/c1-9-12(10(2)19-17(24)13(9)8-18)5-6-16(23)20-15-7-14(21-22-15)11-3-4-11/h7,11H,3-6H2,1-2H3,(H,19,24)(H2,20,21,22,23). The highest BCUT2D eigenvalue weighted by atomic mass is 16.1. The summed E-state index contributed by atoms with van der Waals surface area (Å²) in [6.07, 6.45) is 3.04. The Morgan fingerprint density at radius 3 is 2.88 bits per heavy atom. The molecule has 1 saturated carbocycles. The number of nitriles is 1. The Morgan fingerprint density at radius 2 is 2.21 bits per heavy atom. The molecule has 0 saturated heterocycles. The highest BCUT2D eigenvalue weighted by Gasteiger charge is 2.25. The topological polar surface area (TPSA) is 114 Å². The molecule has 124 valence electrons. The number of amides is 1. The number of pyridine rings is 1. The largest absolute Gasteiger partial charge is 0.325 e. The van der Waals surface area contributed by atoms with Crippen molar-refractivity contribution in [3.05, 3.63) is 44.5 Å². The summed E-state index contributed by atoms with van der Waals surface area (Å²) in [7, 11) is 0. The van der Waals surface area contributed by atoms with E-state index in [0.717, 1.165) is 11.3 Å². The van der Waals surface area contributed by atoms with Crippen LogP contribution in [0.2, 0.25) is 0 Å². The first kappa shape index (κ1) is 16.0. The lowest BCUT2D eigenvalue weighted by atomic mass is 9.99. The van der Waals surface area contributed by atoms with E-state index in [9.17, 15) is 9.59 Å². The average molecular weight is 325 g/mol. The normalized spacial score (nSPS) is 13.5. The number of hydrogen-bond donors (Lipinski definition) is 3. The lowest BCUT2D eigenvalue weighted by Crippen LogP contribution is -2.18. The Balaban J connectivity index is 1.65. The van der Waals surface area contributed by atoms with Gasteiger partial charge in [0.2, 0.25) is 5.91 Å². The monoisotopic (exact) mass is 325 g/mol. The predicted octanol–water partition coefficient (Wildman–Crippen LogP) is 2.04. The summed E-state index contributed by atoms with van der Waals surface area (Å²) < 4.78 is 0. The molecule has 7 nitrogen and oxygen atoms in total. The van der Waals surface area contributed by atoms with Gasteiger partial charge in [0, 0.05) is 29.8 Å². The van der Waals surface area contributed by atoms with Crippen LogP contribution in [0.3, 0.4) is 0 Å². The molecule has 2 heterocycles. The number of aromatic amines is 2. The van der Waals surface area contributed by atoms with Crippen molar-refractivity contribution in [1.82, 2.24) is 15.2 Å². The van der Waals surface area contributed by atoms with Gasteiger partial charge in [0.15, 0.2) is 5.82 Å². The number of rotatable bonds is 5. The summed E-state index contributed by atoms with van der Waals surface area (Å²) in [5.74, 6) is 0.945. The summed E-state index contributed by atoms with van der Waals surface area (Å²) in [5, 5.41) is 18.9. The number of aromatic nitrogens is 3. The van der Waals surface area contributed by atoms with Crippen molar-refractivity contribution in [1.29, 1.82) is 5.26 Å². The fourth-order valence-corrected chi connectivity index (χ4v) is 2.87. The van der Waals surface area contributed by atoms with Gasteiger partial charge in [-0.2, -0.15) is 10.4 Å². The Bertz CT molecular complexity index is 883. The minimum atomic E-state index is -0.384. The van der Waals surface area contributed by atoms with Gasteiger partial charge in [-0.25, -0.2) is 0 Å². The molecule has 2 aromatic heterocycles. The SMILES string of the molecule is Cc1[nH]c(=O)c(C#N)c(C)c1CCC(=O)Nc1cc(C2CC2)[nH]n1. The Labute approximate surface area is 139 Å². The highest BCUT2D eigenvalue weighted by Crippen LogP contribution is 2.39. The first-order valence-electron chi connectivity index (χ1n) is 7.97. The number of H-pyrrole nitrogens is 2. The van der Waals surface area contributed by atoms with Crippen LogP contribution in [-0.4, -0.2) is 21.1 Å². The van der Waals surface area contributed by atoms with E-state index in [1.165, 1.54) is 12.8 Å². The number of hydrogen-bond acceptors (Lipinski definition) is 4. The minimum absolute atomic E-state index is 0.109. The molecule has 0 spiro atoms. The molecule has 0 radical (unpaired) electrons. The summed E-state index contributed by atoms with van der Waals surface area (Å²) >= 11 is 0. The fraction of sp³-hybridized carbons (Fsp3) is 0.412. The zero-order chi connectivity index (χ0) is 17.3. The maximum Gasteiger partial charge on any atom is 0.266 e. The van der Waals surface area contributed by atoms with Crippen molar-refractivity contribution < 1.29 is 4.79 Å². The Kier molecular flexibility index (Phi) is 4.21. The molecule has 0 aliphatic heterocycles. The summed E-state index contributed by atoms with van der Waals surface area (Å²) in [4.78, 5) is 26.5. The quantitative estimate of drug-likeness (QED) is 0.780. The molecule has 2 aromatic rings. The number of aryl methyl sites for hydroxylation is 1. The molecule has 7 heteroatoms. The predicted molar refractivity (Wildman–Crippen MR) is 88.8 cm³/mol. The van der Waals surface area contributed by atoms with Crippen LogP contribution in [0.5, 0.6) is 0 Å². The van der Waals surface area contributed by atoms with Gasteiger partial charge in [-0.3, -0.25) is 14.7 Å². The van der Waals surface area contributed by atoms with Gasteiger partial charge in [0.1, 0.15) is 11.6 Å². The smallest absolute Gasteiger partial charge is 0.266 e. The third-order valence-electron chi connectivity index (χ3n) is 4.40. The van der Waals surface area contributed by atoms with Crippen LogP contribution in [0.4, 0.5) is 5.82 Å². The summed E-state index contributed by atoms with van der Waals surface area (Å²) in [6, 6.07) is 3.79. The van der Waals surface area contributed by atoms with Crippen LogP contribution in [0.15, 0.2) is 10.9 Å². The van der Waals surface area contributed by atoms with Crippen LogP contribution in [0.25, 0.3) is 0 Å². The molecule has 0 aromatic carbocycles. The maximum atomic E-state index is 12.1. The van der Waals surface area contributed by atoms with E-state index < -0.39 is 0 Å². The molecule has 1 fully saturated rings. The van der Waals surface area contributed by atoms with E-state index in [0.29, 0.717) is 29.4 Å². The van der Waals surface area contributed by atoms with E-state index in [1.807, 2.05) is 12.1 Å². The number of carbonyl (C=O) groups is 1. The summed E-state index contributed by atoms with van der Waals surface area (Å²) in [5.41, 5.74) is 2.96. The number of nitrogens with zero attached hydrogens (tertiary/aromatic N) is 2.